The predicted molar refractivity (Wildman–Crippen MR) is 88.8 cm³/mol. The van der Waals surface area contributed by atoms with E-state index in [2.05, 4.69) is 29.0 Å². The van der Waals surface area contributed by atoms with E-state index in [1.165, 1.54) is 78.0 Å². The van der Waals surface area contributed by atoms with E-state index in [-0.39, 0.29) is 0 Å². The molecule has 2 saturated heterocycles. The highest BCUT2D eigenvalue weighted by Gasteiger charge is 2.21. The van der Waals surface area contributed by atoms with E-state index in [0.29, 0.717) is 6.10 Å². The van der Waals surface area contributed by atoms with Gasteiger partial charge in [-0.25, -0.2) is 0 Å². The summed E-state index contributed by atoms with van der Waals surface area (Å²) >= 11 is 0. The normalized spacial score (nSPS) is 23.0. The number of likely N-dealkylation sites (tertiary alicyclic amines) is 1. The Bertz CT molecular complexity index is 259. The molecule has 4 heteroatoms. The number of hydrogen-bond acceptors (Lipinski definition) is 4. The number of nitrogens with zero attached hydrogens (tertiary/aromatic N) is 2. The molecule has 2 fully saturated rings. The van der Waals surface area contributed by atoms with Gasteiger partial charge in [-0.15, -0.1) is 0 Å². The van der Waals surface area contributed by atoms with Crippen LogP contribution in [0, 0.1) is 5.92 Å². The van der Waals surface area contributed by atoms with E-state index in [0.717, 1.165) is 12.5 Å². The highest BCUT2D eigenvalue weighted by molar-refractivity contribution is 4.77. The first-order valence-electron chi connectivity index (χ1n) is 9.01. The second-order valence-electron chi connectivity index (χ2n) is 6.96. The van der Waals surface area contributed by atoms with Gasteiger partial charge in [-0.2, -0.15) is 0 Å². The minimum atomic E-state index is 0.380. The summed E-state index contributed by atoms with van der Waals surface area (Å²) in [6.07, 6.45) is 5.66. The van der Waals surface area contributed by atoms with Crippen molar-refractivity contribution in [3.63, 3.8) is 0 Å². The molecule has 0 radical (unpaired) electrons. The largest absolute Gasteiger partial charge is 0.379 e. The summed E-state index contributed by atoms with van der Waals surface area (Å²) in [6, 6.07) is 0. The standard InChI is InChI=1S/C17H35N3O/c1-16(2)21-14-4-3-9-19-10-5-17(6-11-19)15-20-12-7-18-8-13-20/h16-18H,3-15H2,1-2H3. The second-order valence-corrected chi connectivity index (χ2v) is 6.96. The molecule has 124 valence electrons. The van der Waals surface area contributed by atoms with Gasteiger partial charge in [-0.05, 0) is 65.1 Å². The topological polar surface area (TPSA) is 27.7 Å². The molecule has 0 atom stereocenters. The average molecular weight is 297 g/mol. The maximum Gasteiger partial charge on any atom is 0.0518 e. The van der Waals surface area contributed by atoms with E-state index < -0.39 is 0 Å². The Labute approximate surface area is 131 Å². The fourth-order valence-corrected chi connectivity index (χ4v) is 3.41. The predicted octanol–water partition coefficient (Wildman–Crippen LogP) is 1.81. The van der Waals surface area contributed by atoms with Crippen molar-refractivity contribution in [3.05, 3.63) is 0 Å². The molecule has 1 N–H and O–H groups in total. The van der Waals surface area contributed by atoms with Gasteiger partial charge >= 0.3 is 0 Å². The molecule has 0 saturated carbocycles. The molecule has 0 aromatic rings. The molecule has 0 unspecified atom stereocenters. The summed E-state index contributed by atoms with van der Waals surface area (Å²) in [5.74, 6) is 0.934. The number of piperazine rings is 1. The van der Waals surface area contributed by atoms with Crippen LogP contribution in [0.15, 0.2) is 0 Å². The van der Waals surface area contributed by atoms with Gasteiger partial charge in [-0.1, -0.05) is 0 Å². The molecule has 0 aliphatic carbocycles. The van der Waals surface area contributed by atoms with Crippen LogP contribution in [0.5, 0.6) is 0 Å². The minimum Gasteiger partial charge on any atom is -0.379 e. The van der Waals surface area contributed by atoms with Gasteiger partial charge in [0.05, 0.1) is 6.10 Å². The quantitative estimate of drug-likeness (QED) is 0.692. The Hall–Kier alpha value is -0.160. The maximum atomic E-state index is 5.60. The Morgan fingerprint density at radius 3 is 2.38 bits per heavy atom. The van der Waals surface area contributed by atoms with E-state index in [1.807, 2.05) is 0 Å². The van der Waals surface area contributed by atoms with E-state index in [4.69, 9.17) is 4.74 Å². The number of ether oxygens (including phenoxy) is 1. The molecule has 21 heavy (non-hydrogen) atoms. The Morgan fingerprint density at radius 1 is 1.00 bits per heavy atom. The zero-order valence-electron chi connectivity index (χ0n) is 14.1. The van der Waals surface area contributed by atoms with Crippen LogP contribution in [0.25, 0.3) is 0 Å². The van der Waals surface area contributed by atoms with Crippen LogP contribution in [-0.2, 0) is 4.74 Å². The molecule has 0 bridgehead atoms. The van der Waals surface area contributed by atoms with Crippen molar-refractivity contribution >= 4 is 0 Å². The summed E-state index contributed by atoms with van der Waals surface area (Å²) in [4.78, 5) is 5.31. The van der Waals surface area contributed by atoms with Crippen LogP contribution < -0.4 is 5.32 Å². The zero-order chi connectivity index (χ0) is 14.9. The second kappa shape index (κ2) is 9.78. The number of rotatable bonds is 8. The number of piperidine rings is 1. The van der Waals surface area contributed by atoms with Crippen molar-refractivity contribution in [1.29, 1.82) is 0 Å². The molecule has 2 rings (SSSR count). The monoisotopic (exact) mass is 297 g/mol. The fourth-order valence-electron chi connectivity index (χ4n) is 3.41. The van der Waals surface area contributed by atoms with Crippen molar-refractivity contribution in [1.82, 2.24) is 15.1 Å². The zero-order valence-corrected chi connectivity index (χ0v) is 14.1. The smallest absolute Gasteiger partial charge is 0.0518 e. The Balaban J connectivity index is 1.49. The third-order valence-corrected chi connectivity index (χ3v) is 4.75. The van der Waals surface area contributed by atoms with Crippen LogP contribution in [-0.4, -0.2) is 74.9 Å². The molecule has 0 aromatic carbocycles. The van der Waals surface area contributed by atoms with Gasteiger partial charge in [-0.3, -0.25) is 0 Å². The first-order chi connectivity index (χ1) is 10.2. The summed E-state index contributed by atoms with van der Waals surface area (Å²) in [5, 5.41) is 3.44. The van der Waals surface area contributed by atoms with Crippen LogP contribution in [0.2, 0.25) is 0 Å². The fraction of sp³-hybridized carbons (Fsp3) is 1.00. The number of hydrogen-bond donors (Lipinski definition) is 1. The van der Waals surface area contributed by atoms with Crippen LogP contribution in [0.4, 0.5) is 0 Å². The Kier molecular flexibility index (Phi) is 8.01. The molecular formula is C17H35N3O. The summed E-state index contributed by atoms with van der Waals surface area (Å²) < 4.78 is 5.60. The van der Waals surface area contributed by atoms with E-state index >= 15 is 0 Å². The van der Waals surface area contributed by atoms with Crippen molar-refractivity contribution in [2.24, 2.45) is 5.92 Å². The van der Waals surface area contributed by atoms with Gasteiger partial charge in [0.25, 0.3) is 0 Å². The van der Waals surface area contributed by atoms with Crippen LogP contribution in [0.3, 0.4) is 0 Å². The van der Waals surface area contributed by atoms with Gasteiger partial charge < -0.3 is 19.9 Å². The SMILES string of the molecule is CC(C)OCCCCN1CCC(CN2CCNCC2)CC1. The maximum absolute atomic E-state index is 5.60. The molecule has 2 aliphatic rings. The highest BCUT2D eigenvalue weighted by Crippen LogP contribution is 2.19. The van der Waals surface area contributed by atoms with Crippen LogP contribution in [0.1, 0.15) is 39.5 Å². The highest BCUT2D eigenvalue weighted by atomic mass is 16.5. The molecule has 2 heterocycles. The third-order valence-electron chi connectivity index (χ3n) is 4.75. The van der Waals surface area contributed by atoms with Gasteiger partial charge in [0.1, 0.15) is 0 Å². The molecule has 2 aliphatic heterocycles. The molecule has 0 spiro atoms. The number of nitrogens with one attached hydrogen (secondary N) is 1. The van der Waals surface area contributed by atoms with Gasteiger partial charge in [0, 0.05) is 39.3 Å². The lowest BCUT2D eigenvalue weighted by molar-refractivity contribution is 0.0724. The van der Waals surface area contributed by atoms with Crippen LogP contribution >= 0.6 is 0 Å². The lowest BCUT2D eigenvalue weighted by Crippen LogP contribution is -2.46. The summed E-state index contributed by atoms with van der Waals surface area (Å²) in [5.41, 5.74) is 0. The van der Waals surface area contributed by atoms with E-state index in [1.54, 1.807) is 0 Å². The summed E-state index contributed by atoms with van der Waals surface area (Å²) in [6.45, 7) is 15.2. The summed E-state index contributed by atoms with van der Waals surface area (Å²) in [7, 11) is 0. The van der Waals surface area contributed by atoms with Crippen molar-refractivity contribution in [3.8, 4) is 0 Å². The molecular weight excluding hydrogens is 262 g/mol. The van der Waals surface area contributed by atoms with Crippen molar-refractivity contribution in [2.45, 2.75) is 45.6 Å². The number of unbranched alkanes of at least 4 members (excludes halogenated alkanes) is 1. The van der Waals surface area contributed by atoms with Crippen molar-refractivity contribution in [2.75, 3.05) is 59.0 Å². The lowest BCUT2D eigenvalue weighted by Gasteiger charge is -2.36. The third kappa shape index (κ3) is 7.09. The minimum absolute atomic E-state index is 0.380. The molecule has 0 amide bonds. The van der Waals surface area contributed by atoms with Crippen molar-refractivity contribution < 1.29 is 4.74 Å². The average Bonchev–Trinajstić information content (AvgIpc) is 2.49. The first kappa shape index (κ1) is 17.2. The first-order valence-corrected chi connectivity index (χ1v) is 9.01. The Morgan fingerprint density at radius 2 is 1.71 bits per heavy atom. The molecule has 0 aromatic heterocycles. The molecule has 4 nitrogen and oxygen atoms in total. The lowest BCUT2D eigenvalue weighted by atomic mass is 9.96. The van der Waals surface area contributed by atoms with Gasteiger partial charge in [0.2, 0.25) is 0 Å². The van der Waals surface area contributed by atoms with Gasteiger partial charge in [0.15, 0.2) is 0 Å². The van der Waals surface area contributed by atoms with E-state index in [9.17, 15) is 0 Å².